The molecule has 0 radical (unpaired) electrons. The molecule has 0 saturated carbocycles. The molecular formula is C15H32N2. The van der Waals surface area contributed by atoms with E-state index in [9.17, 15) is 0 Å². The molecule has 0 fully saturated rings. The van der Waals surface area contributed by atoms with Gasteiger partial charge in [0.25, 0.3) is 0 Å². The Hall–Kier alpha value is -0.340. The van der Waals surface area contributed by atoms with Crippen molar-refractivity contribution >= 4 is 0 Å². The van der Waals surface area contributed by atoms with Gasteiger partial charge in [0.15, 0.2) is 0 Å². The Balaban J connectivity index is 4.71. The van der Waals surface area contributed by atoms with E-state index in [1.165, 1.54) is 0 Å². The Morgan fingerprint density at radius 3 is 2.06 bits per heavy atom. The van der Waals surface area contributed by atoms with E-state index >= 15 is 0 Å². The summed E-state index contributed by atoms with van der Waals surface area (Å²) in [6.07, 6.45) is 7.61. The number of allylic oxidation sites excluding steroid dienone is 1. The Bertz CT molecular complexity index is 193. The Morgan fingerprint density at radius 1 is 1.18 bits per heavy atom. The summed E-state index contributed by atoms with van der Waals surface area (Å²) in [5.74, 6) is 0. The number of nitrogens with zero attached hydrogens (tertiary/aromatic N) is 1. The van der Waals surface area contributed by atoms with Crippen molar-refractivity contribution in [2.24, 2.45) is 5.73 Å². The summed E-state index contributed by atoms with van der Waals surface area (Å²) in [7, 11) is 0. The number of nitrogens with two attached hydrogens (primary N) is 1. The van der Waals surface area contributed by atoms with E-state index in [0.29, 0.717) is 0 Å². The first-order chi connectivity index (χ1) is 8.12. The minimum Gasteiger partial charge on any atom is -0.326 e. The van der Waals surface area contributed by atoms with E-state index in [1.54, 1.807) is 0 Å². The zero-order chi connectivity index (χ0) is 13.3. The fraction of sp³-hybridized carbons (Fsp3) is 0.867. The van der Waals surface area contributed by atoms with Gasteiger partial charge in [-0.1, -0.05) is 33.8 Å². The molecule has 0 aliphatic carbocycles. The molecule has 2 heteroatoms. The molecule has 0 saturated heterocycles. The number of unbranched alkanes of at least 4 members (excludes halogenated alkanes) is 1. The van der Waals surface area contributed by atoms with E-state index in [2.05, 4.69) is 39.2 Å². The summed E-state index contributed by atoms with van der Waals surface area (Å²) in [6.45, 7) is 15.0. The first-order valence-corrected chi connectivity index (χ1v) is 7.24. The van der Waals surface area contributed by atoms with Crippen molar-refractivity contribution in [2.45, 2.75) is 71.4 Å². The lowest BCUT2D eigenvalue weighted by molar-refractivity contribution is 0.0594. The van der Waals surface area contributed by atoms with Crippen LogP contribution in [0.25, 0.3) is 0 Å². The minimum atomic E-state index is 0.185. The molecule has 0 heterocycles. The quantitative estimate of drug-likeness (QED) is 0.467. The maximum absolute atomic E-state index is 6.49. The summed E-state index contributed by atoms with van der Waals surface area (Å²) >= 11 is 0. The molecule has 0 bridgehead atoms. The molecule has 102 valence electrons. The van der Waals surface area contributed by atoms with Gasteiger partial charge in [-0.2, -0.15) is 0 Å². The Morgan fingerprint density at radius 2 is 1.71 bits per heavy atom. The van der Waals surface area contributed by atoms with Crippen LogP contribution in [0, 0.1) is 0 Å². The van der Waals surface area contributed by atoms with Crippen LogP contribution in [0.3, 0.4) is 0 Å². The third kappa shape index (κ3) is 4.11. The maximum Gasteiger partial charge on any atom is 0.0354 e. The smallest absolute Gasteiger partial charge is 0.0354 e. The second-order valence-electron chi connectivity index (χ2n) is 4.81. The highest BCUT2D eigenvalue weighted by Gasteiger charge is 2.37. The van der Waals surface area contributed by atoms with Crippen molar-refractivity contribution in [2.75, 3.05) is 13.1 Å². The molecule has 0 rings (SSSR count). The molecule has 0 aromatic heterocycles. The predicted molar refractivity (Wildman–Crippen MR) is 78.3 cm³/mol. The molecule has 0 spiro atoms. The predicted octanol–water partition coefficient (Wildman–Crippen LogP) is 3.57. The summed E-state index contributed by atoms with van der Waals surface area (Å²) in [5, 5.41) is 0. The van der Waals surface area contributed by atoms with Gasteiger partial charge in [-0.15, -0.1) is 6.58 Å². The van der Waals surface area contributed by atoms with E-state index in [-0.39, 0.29) is 11.6 Å². The molecule has 0 aromatic carbocycles. The largest absolute Gasteiger partial charge is 0.326 e. The van der Waals surface area contributed by atoms with Gasteiger partial charge in [-0.3, -0.25) is 4.90 Å². The molecule has 2 nitrogen and oxygen atoms in total. The van der Waals surface area contributed by atoms with Crippen LogP contribution in [0.1, 0.15) is 59.8 Å². The fourth-order valence-corrected chi connectivity index (χ4v) is 3.06. The van der Waals surface area contributed by atoms with Crippen LogP contribution < -0.4 is 5.73 Å². The van der Waals surface area contributed by atoms with Crippen LogP contribution in [0.2, 0.25) is 0 Å². The number of rotatable bonds is 10. The van der Waals surface area contributed by atoms with E-state index in [4.69, 9.17) is 5.73 Å². The molecule has 17 heavy (non-hydrogen) atoms. The SMILES string of the molecule is C=CCCCC(N)C(CC)(CC)N(CC)CC. The molecule has 0 aromatic rings. The van der Waals surface area contributed by atoms with Gasteiger partial charge in [0.2, 0.25) is 0 Å². The van der Waals surface area contributed by atoms with Crippen LogP contribution in [-0.4, -0.2) is 29.6 Å². The first-order valence-electron chi connectivity index (χ1n) is 7.24. The average Bonchev–Trinajstić information content (AvgIpc) is 2.36. The molecule has 1 unspecified atom stereocenters. The lowest BCUT2D eigenvalue weighted by Gasteiger charge is -2.46. The van der Waals surface area contributed by atoms with Crippen molar-refractivity contribution in [3.8, 4) is 0 Å². The third-order valence-electron chi connectivity index (χ3n) is 4.23. The molecular weight excluding hydrogens is 208 g/mol. The average molecular weight is 240 g/mol. The van der Waals surface area contributed by atoms with E-state index in [1.807, 2.05) is 6.08 Å². The van der Waals surface area contributed by atoms with Crippen molar-refractivity contribution in [3.05, 3.63) is 12.7 Å². The van der Waals surface area contributed by atoms with E-state index < -0.39 is 0 Å². The van der Waals surface area contributed by atoms with Gasteiger partial charge in [0.1, 0.15) is 0 Å². The van der Waals surface area contributed by atoms with Crippen molar-refractivity contribution in [3.63, 3.8) is 0 Å². The zero-order valence-corrected chi connectivity index (χ0v) is 12.3. The highest BCUT2D eigenvalue weighted by molar-refractivity contribution is 4.97. The second-order valence-corrected chi connectivity index (χ2v) is 4.81. The highest BCUT2D eigenvalue weighted by atomic mass is 15.2. The Labute approximate surface area is 108 Å². The van der Waals surface area contributed by atoms with Gasteiger partial charge in [-0.05, 0) is 45.2 Å². The standard InChI is InChI=1S/C15H32N2/c1-6-11-12-13-14(16)15(7-2,8-3)17(9-4)10-5/h6,14H,1,7-13,16H2,2-5H3. The summed E-state index contributed by atoms with van der Waals surface area (Å²) in [4.78, 5) is 2.55. The Kier molecular flexibility index (Phi) is 8.53. The van der Waals surface area contributed by atoms with Gasteiger partial charge < -0.3 is 5.73 Å². The van der Waals surface area contributed by atoms with Crippen LogP contribution in [0.4, 0.5) is 0 Å². The van der Waals surface area contributed by atoms with Gasteiger partial charge in [-0.25, -0.2) is 0 Å². The molecule has 0 aliphatic rings. The highest BCUT2D eigenvalue weighted by Crippen LogP contribution is 2.29. The minimum absolute atomic E-state index is 0.185. The number of hydrogen-bond donors (Lipinski definition) is 1. The van der Waals surface area contributed by atoms with Crippen molar-refractivity contribution in [1.82, 2.24) is 4.90 Å². The van der Waals surface area contributed by atoms with Gasteiger partial charge in [0, 0.05) is 11.6 Å². The zero-order valence-electron chi connectivity index (χ0n) is 12.3. The second kappa shape index (κ2) is 8.71. The summed E-state index contributed by atoms with van der Waals surface area (Å²) < 4.78 is 0. The topological polar surface area (TPSA) is 29.3 Å². The van der Waals surface area contributed by atoms with Crippen LogP contribution in [-0.2, 0) is 0 Å². The van der Waals surface area contributed by atoms with Crippen LogP contribution in [0.5, 0.6) is 0 Å². The maximum atomic E-state index is 6.49. The normalized spacial score (nSPS) is 14.0. The van der Waals surface area contributed by atoms with Crippen LogP contribution in [0.15, 0.2) is 12.7 Å². The first kappa shape index (κ1) is 16.7. The molecule has 0 amide bonds. The lowest BCUT2D eigenvalue weighted by atomic mass is 9.80. The molecule has 2 N–H and O–H groups in total. The lowest BCUT2D eigenvalue weighted by Crippen LogP contribution is -2.59. The van der Waals surface area contributed by atoms with E-state index in [0.717, 1.165) is 45.2 Å². The monoisotopic (exact) mass is 240 g/mol. The van der Waals surface area contributed by atoms with Crippen molar-refractivity contribution < 1.29 is 0 Å². The van der Waals surface area contributed by atoms with Gasteiger partial charge in [0.05, 0.1) is 0 Å². The fourth-order valence-electron chi connectivity index (χ4n) is 3.06. The third-order valence-corrected chi connectivity index (χ3v) is 4.23. The summed E-state index contributed by atoms with van der Waals surface area (Å²) in [6, 6.07) is 0.275. The molecule has 1 atom stereocenters. The summed E-state index contributed by atoms with van der Waals surface area (Å²) in [5.41, 5.74) is 6.68. The number of hydrogen-bond acceptors (Lipinski definition) is 2. The van der Waals surface area contributed by atoms with Crippen molar-refractivity contribution in [1.29, 1.82) is 0 Å². The van der Waals surface area contributed by atoms with Crippen LogP contribution >= 0.6 is 0 Å². The molecule has 0 aliphatic heterocycles. The number of likely N-dealkylation sites (N-methyl/N-ethyl adjacent to an activating group) is 1. The van der Waals surface area contributed by atoms with Gasteiger partial charge >= 0.3 is 0 Å².